The number of anilines is 4. The van der Waals surface area contributed by atoms with Crippen LogP contribution >= 0.6 is 11.3 Å². The van der Waals surface area contributed by atoms with Gasteiger partial charge in [0.25, 0.3) is 5.91 Å². The SMILES string of the molecule is Cc1ccc(NC(=O)c2cc(N3CC[C@@H](N(C)C)C3)cc(C(F)(F)F)c2)cc1N1CN=C(NC2CC2)c2sccc21. The number of carbonyl (C=O) groups excluding carboxylic acids is 1. The van der Waals surface area contributed by atoms with Crippen molar-refractivity contribution in [2.75, 3.05) is 49.0 Å². The lowest BCUT2D eigenvalue weighted by atomic mass is 10.1. The van der Waals surface area contributed by atoms with Crippen molar-refractivity contribution < 1.29 is 18.0 Å². The third-order valence-corrected chi connectivity index (χ3v) is 8.87. The Morgan fingerprint density at radius 2 is 1.88 bits per heavy atom. The number of carbonyl (C=O) groups is 1. The Balaban J connectivity index is 1.26. The third kappa shape index (κ3) is 5.78. The molecule has 3 aliphatic rings. The first kappa shape index (κ1) is 27.6. The van der Waals surface area contributed by atoms with Crippen LogP contribution in [0.4, 0.5) is 35.9 Å². The molecule has 11 heteroatoms. The van der Waals surface area contributed by atoms with Gasteiger partial charge in [-0.3, -0.25) is 4.79 Å². The maximum absolute atomic E-state index is 13.9. The summed E-state index contributed by atoms with van der Waals surface area (Å²) in [5.74, 6) is 0.338. The second kappa shape index (κ2) is 10.7. The Bertz CT molecular complexity index is 1500. The van der Waals surface area contributed by atoms with E-state index < -0.39 is 17.6 Å². The van der Waals surface area contributed by atoms with E-state index in [1.54, 1.807) is 23.5 Å². The maximum atomic E-state index is 13.9. The van der Waals surface area contributed by atoms with Crippen molar-refractivity contribution in [3.8, 4) is 0 Å². The Morgan fingerprint density at radius 3 is 2.59 bits per heavy atom. The molecule has 3 aromatic rings. The van der Waals surface area contributed by atoms with Gasteiger partial charge in [-0.05, 0) is 87.6 Å². The van der Waals surface area contributed by atoms with Crippen LogP contribution in [0.15, 0.2) is 52.8 Å². The standard InChI is InChI=1S/C30H33F3N6OS/c1-18-4-5-22(15-26(18)39-17-34-28(35-21-6-7-21)27-25(39)9-11-41-27)36-29(40)19-12-20(30(31,32)33)14-24(13-19)38-10-8-23(16-38)37(2)3/h4-5,9,11-15,21,23H,6-8,10,16-17H2,1-3H3,(H,34,35)(H,36,40)/t23-/m1/s1. The molecule has 0 spiro atoms. The molecule has 7 nitrogen and oxygen atoms in total. The quantitative estimate of drug-likeness (QED) is 0.369. The lowest BCUT2D eigenvalue weighted by Gasteiger charge is -2.29. The molecule has 216 valence electrons. The first-order valence-electron chi connectivity index (χ1n) is 13.8. The molecule has 2 fully saturated rings. The Labute approximate surface area is 241 Å². The molecule has 1 saturated heterocycles. The van der Waals surface area contributed by atoms with Gasteiger partial charge < -0.3 is 25.3 Å². The predicted octanol–water partition coefficient (Wildman–Crippen LogP) is 6.08. The molecule has 41 heavy (non-hydrogen) atoms. The van der Waals surface area contributed by atoms with E-state index >= 15 is 0 Å². The fourth-order valence-corrected chi connectivity index (χ4v) is 6.25. The number of aryl methyl sites for hydroxylation is 1. The number of nitrogens with zero attached hydrogens (tertiary/aromatic N) is 4. The van der Waals surface area contributed by atoms with Gasteiger partial charge in [-0.25, -0.2) is 4.99 Å². The highest BCUT2D eigenvalue weighted by Crippen LogP contribution is 2.39. The van der Waals surface area contributed by atoms with Gasteiger partial charge in [0, 0.05) is 47.8 Å². The van der Waals surface area contributed by atoms with E-state index in [1.165, 1.54) is 0 Å². The van der Waals surface area contributed by atoms with Gasteiger partial charge >= 0.3 is 6.18 Å². The van der Waals surface area contributed by atoms with Crippen molar-refractivity contribution in [3.05, 3.63) is 69.4 Å². The highest BCUT2D eigenvalue weighted by atomic mass is 32.1. The van der Waals surface area contributed by atoms with Gasteiger partial charge in [0.2, 0.25) is 0 Å². The van der Waals surface area contributed by atoms with Gasteiger partial charge in [0.05, 0.1) is 16.1 Å². The zero-order chi connectivity index (χ0) is 28.9. The lowest BCUT2D eigenvalue weighted by Crippen LogP contribution is -2.33. The fourth-order valence-electron chi connectivity index (χ4n) is 5.39. The summed E-state index contributed by atoms with van der Waals surface area (Å²) in [4.78, 5) is 25.3. The molecule has 2 N–H and O–H groups in total. The summed E-state index contributed by atoms with van der Waals surface area (Å²) in [6.45, 7) is 3.66. The number of nitrogens with one attached hydrogen (secondary N) is 2. The summed E-state index contributed by atoms with van der Waals surface area (Å²) in [5.41, 5.74) is 2.99. The van der Waals surface area contributed by atoms with Gasteiger partial charge in [-0.15, -0.1) is 11.3 Å². The summed E-state index contributed by atoms with van der Waals surface area (Å²) >= 11 is 1.63. The molecule has 0 bridgehead atoms. The Kier molecular flexibility index (Phi) is 7.19. The van der Waals surface area contributed by atoms with Crippen LogP contribution in [0.5, 0.6) is 0 Å². The van der Waals surface area contributed by atoms with Crippen LogP contribution in [-0.4, -0.2) is 62.6 Å². The van der Waals surface area contributed by atoms with Crippen LogP contribution in [0.2, 0.25) is 0 Å². The van der Waals surface area contributed by atoms with E-state index in [1.807, 2.05) is 43.4 Å². The smallest absolute Gasteiger partial charge is 0.370 e. The van der Waals surface area contributed by atoms with E-state index in [9.17, 15) is 18.0 Å². The Morgan fingerprint density at radius 1 is 1.07 bits per heavy atom. The van der Waals surface area contributed by atoms with Crippen LogP contribution in [-0.2, 0) is 6.18 Å². The van der Waals surface area contributed by atoms with Crippen LogP contribution in [0.25, 0.3) is 0 Å². The number of amides is 1. The predicted molar refractivity (Wildman–Crippen MR) is 159 cm³/mol. The number of aliphatic imine (C=N–C) groups is 1. The van der Waals surface area contributed by atoms with Crippen molar-refractivity contribution in [2.45, 2.75) is 44.4 Å². The summed E-state index contributed by atoms with van der Waals surface area (Å²) < 4.78 is 41.6. The van der Waals surface area contributed by atoms with Gasteiger partial charge in [0.1, 0.15) is 12.5 Å². The highest BCUT2D eigenvalue weighted by Gasteiger charge is 2.34. The first-order chi connectivity index (χ1) is 19.6. The Hall–Kier alpha value is -3.57. The van der Waals surface area contributed by atoms with Crippen molar-refractivity contribution in [1.82, 2.24) is 10.2 Å². The second-order valence-electron chi connectivity index (χ2n) is 11.2. The number of fused-ring (bicyclic) bond motifs is 1. The second-order valence-corrected chi connectivity index (χ2v) is 12.1. The molecule has 1 amide bonds. The fraction of sp³-hybridized carbons (Fsp3) is 0.400. The number of hydrogen-bond acceptors (Lipinski definition) is 7. The van der Waals surface area contributed by atoms with Gasteiger partial charge in [0.15, 0.2) is 0 Å². The molecule has 1 aliphatic carbocycles. The number of rotatable bonds is 6. The summed E-state index contributed by atoms with van der Waals surface area (Å²) in [6, 6.07) is 12.0. The highest BCUT2D eigenvalue weighted by molar-refractivity contribution is 7.12. The molecular weight excluding hydrogens is 549 g/mol. The average molecular weight is 583 g/mol. The molecule has 3 heterocycles. The molecule has 0 radical (unpaired) electrons. The largest absolute Gasteiger partial charge is 0.416 e. The number of likely N-dealkylation sites (N-methyl/N-ethyl adjacent to an activating group) is 1. The number of thiophene rings is 1. The summed E-state index contributed by atoms with van der Waals surface area (Å²) in [6.07, 6.45) is -1.40. The minimum absolute atomic E-state index is 0.0243. The summed E-state index contributed by atoms with van der Waals surface area (Å²) in [7, 11) is 3.93. The van der Waals surface area contributed by atoms with Crippen molar-refractivity contribution in [3.63, 3.8) is 0 Å². The minimum Gasteiger partial charge on any atom is -0.370 e. The average Bonchev–Trinajstić information content (AvgIpc) is 3.38. The first-order valence-corrected chi connectivity index (χ1v) is 14.7. The summed E-state index contributed by atoms with van der Waals surface area (Å²) in [5, 5.41) is 8.40. The van der Waals surface area contributed by atoms with Gasteiger partial charge in [-0.2, -0.15) is 13.2 Å². The number of benzene rings is 2. The van der Waals surface area contributed by atoms with Gasteiger partial charge in [-0.1, -0.05) is 6.07 Å². The monoisotopic (exact) mass is 582 g/mol. The molecule has 1 aromatic heterocycles. The van der Waals surface area contributed by atoms with E-state index in [2.05, 4.69) is 26.5 Å². The number of hydrogen-bond donors (Lipinski definition) is 2. The number of alkyl halides is 3. The molecular formula is C30H33F3N6OS. The molecule has 1 atom stereocenters. The van der Waals surface area contributed by atoms with E-state index in [0.717, 1.165) is 59.0 Å². The molecule has 0 unspecified atom stereocenters. The normalized spacial score (nSPS) is 18.9. The maximum Gasteiger partial charge on any atom is 0.416 e. The molecule has 6 rings (SSSR count). The van der Waals surface area contributed by atoms with Crippen LogP contribution < -0.4 is 20.4 Å². The number of amidine groups is 1. The zero-order valence-electron chi connectivity index (χ0n) is 23.3. The van der Waals surface area contributed by atoms with E-state index in [0.29, 0.717) is 37.2 Å². The minimum atomic E-state index is -4.57. The molecule has 2 aliphatic heterocycles. The molecule has 1 saturated carbocycles. The molecule has 2 aromatic carbocycles. The third-order valence-electron chi connectivity index (χ3n) is 7.96. The van der Waals surface area contributed by atoms with Crippen molar-refractivity contribution in [1.29, 1.82) is 0 Å². The zero-order valence-corrected chi connectivity index (χ0v) is 24.1. The van der Waals surface area contributed by atoms with Crippen LogP contribution in [0.1, 0.15) is 45.6 Å². The van der Waals surface area contributed by atoms with Crippen LogP contribution in [0.3, 0.4) is 0 Å². The van der Waals surface area contributed by atoms with E-state index in [4.69, 9.17) is 4.99 Å². The van der Waals surface area contributed by atoms with Crippen molar-refractivity contribution in [2.24, 2.45) is 4.99 Å². The topological polar surface area (TPSA) is 63.2 Å². The van der Waals surface area contributed by atoms with Crippen molar-refractivity contribution >= 4 is 45.8 Å². The van der Waals surface area contributed by atoms with E-state index in [-0.39, 0.29) is 11.6 Å². The number of halogens is 3. The van der Waals surface area contributed by atoms with Crippen LogP contribution in [0, 0.1) is 6.92 Å². The lowest BCUT2D eigenvalue weighted by molar-refractivity contribution is -0.137.